The molecule has 1 rings (SSSR count). The van der Waals surface area contributed by atoms with Crippen LogP contribution in [0.3, 0.4) is 0 Å². The van der Waals surface area contributed by atoms with Gasteiger partial charge in [-0.25, -0.2) is 0 Å². The molecule has 1 aromatic rings. The van der Waals surface area contributed by atoms with Gasteiger partial charge in [0.2, 0.25) is 11.8 Å². The third kappa shape index (κ3) is 6.26. The molecule has 1 heterocycles. The lowest BCUT2D eigenvalue weighted by molar-refractivity contribution is -0.120. The molecule has 0 saturated heterocycles. The monoisotopic (exact) mass is 320 g/mol. The lowest BCUT2D eigenvalue weighted by Gasteiger charge is -2.12. The highest BCUT2D eigenvalue weighted by molar-refractivity contribution is 8.04. The third-order valence-electron chi connectivity index (χ3n) is 1.80. The average molecular weight is 320 g/mol. The standard InChI is InChI=1S/C10H16N4O2S3/c1-5(2)12-8(16)6(3)18-10-14-13-9(19-10)17-4-7(11)15/h5-6H,4H2,1-3H3,(H2,11,15)(H,12,16)/t6-/m0/s1. The molecule has 3 N–H and O–H groups in total. The molecule has 0 fully saturated rings. The second-order valence-electron chi connectivity index (χ2n) is 4.01. The van der Waals surface area contributed by atoms with E-state index in [-0.39, 0.29) is 28.9 Å². The van der Waals surface area contributed by atoms with Crippen molar-refractivity contribution < 1.29 is 9.59 Å². The van der Waals surface area contributed by atoms with Crippen LogP contribution in [-0.2, 0) is 9.59 Å². The first kappa shape index (κ1) is 16.3. The lowest BCUT2D eigenvalue weighted by atomic mass is 10.3. The van der Waals surface area contributed by atoms with Crippen LogP contribution in [0.2, 0.25) is 0 Å². The van der Waals surface area contributed by atoms with E-state index >= 15 is 0 Å². The number of rotatable bonds is 7. The Labute approximate surface area is 124 Å². The summed E-state index contributed by atoms with van der Waals surface area (Å²) < 4.78 is 1.39. The van der Waals surface area contributed by atoms with Crippen LogP contribution in [-0.4, -0.2) is 39.1 Å². The van der Waals surface area contributed by atoms with E-state index in [2.05, 4.69) is 15.5 Å². The van der Waals surface area contributed by atoms with Crippen molar-refractivity contribution in [2.75, 3.05) is 5.75 Å². The summed E-state index contributed by atoms with van der Waals surface area (Å²) in [5, 5.41) is 10.5. The first-order valence-electron chi connectivity index (χ1n) is 5.60. The molecule has 0 aliphatic heterocycles. The van der Waals surface area contributed by atoms with E-state index in [1.54, 1.807) is 0 Å². The highest BCUT2D eigenvalue weighted by atomic mass is 32.2. The van der Waals surface area contributed by atoms with Gasteiger partial charge in [-0.1, -0.05) is 34.9 Å². The summed E-state index contributed by atoms with van der Waals surface area (Å²) in [4.78, 5) is 22.4. The first-order chi connectivity index (χ1) is 8.88. The number of thioether (sulfide) groups is 2. The van der Waals surface area contributed by atoms with Crippen LogP contribution in [0.4, 0.5) is 0 Å². The summed E-state index contributed by atoms with van der Waals surface area (Å²) in [6.45, 7) is 5.65. The molecule has 0 bridgehead atoms. The Morgan fingerprint density at radius 3 is 2.53 bits per heavy atom. The topological polar surface area (TPSA) is 98.0 Å². The summed E-state index contributed by atoms with van der Waals surface area (Å²) >= 11 is 3.96. The second kappa shape index (κ2) is 7.71. The van der Waals surface area contributed by atoms with Crippen molar-refractivity contribution in [3.8, 4) is 0 Å². The van der Waals surface area contributed by atoms with E-state index in [1.165, 1.54) is 34.9 Å². The Morgan fingerprint density at radius 2 is 1.95 bits per heavy atom. The molecule has 9 heteroatoms. The van der Waals surface area contributed by atoms with E-state index < -0.39 is 0 Å². The van der Waals surface area contributed by atoms with Gasteiger partial charge in [0, 0.05) is 6.04 Å². The number of carbonyl (C=O) groups excluding carboxylic acids is 2. The largest absolute Gasteiger partial charge is 0.369 e. The average Bonchev–Trinajstić information content (AvgIpc) is 2.73. The van der Waals surface area contributed by atoms with Crippen LogP contribution in [0, 0.1) is 0 Å². The summed E-state index contributed by atoms with van der Waals surface area (Å²) in [7, 11) is 0. The number of carbonyl (C=O) groups is 2. The summed E-state index contributed by atoms with van der Waals surface area (Å²) in [6.07, 6.45) is 0. The summed E-state index contributed by atoms with van der Waals surface area (Å²) in [5.41, 5.74) is 5.05. The number of nitrogens with one attached hydrogen (secondary N) is 1. The molecule has 0 radical (unpaired) electrons. The van der Waals surface area contributed by atoms with Gasteiger partial charge in [0.15, 0.2) is 8.68 Å². The minimum absolute atomic E-state index is 0.0264. The first-order valence-corrected chi connectivity index (χ1v) is 8.28. The third-order valence-corrected chi connectivity index (χ3v) is 5.07. The number of nitrogens with two attached hydrogens (primary N) is 1. The molecule has 1 aromatic heterocycles. The SMILES string of the molecule is CC(C)NC(=O)[C@H](C)Sc1nnc(SCC(N)=O)s1. The van der Waals surface area contributed by atoms with Crippen LogP contribution >= 0.6 is 34.9 Å². The molecule has 6 nitrogen and oxygen atoms in total. The van der Waals surface area contributed by atoms with Gasteiger partial charge in [-0.15, -0.1) is 10.2 Å². The number of hydrogen-bond acceptors (Lipinski definition) is 7. The van der Waals surface area contributed by atoms with E-state index in [4.69, 9.17) is 5.73 Å². The Bertz CT molecular complexity index is 450. The maximum Gasteiger partial charge on any atom is 0.233 e. The van der Waals surface area contributed by atoms with Gasteiger partial charge < -0.3 is 11.1 Å². The van der Waals surface area contributed by atoms with Crippen LogP contribution < -0.4 is 11.1 Å². The van der Waals surface area contributed by atoms with Crippen molar-refractivity contribution in [1.82, 2.24) is 15.5 Å². The number of primary amides is 1. The molecule has 1 atom stereocenters. The molecule has 0 unspecified atom stereocenters. The van der Waals surface area contributed by atoms with Gasteiger partial charge in [0.25, 0.3) is 0 Å². The summed E-state index contributed by atoms with van der Waals surface area (Å²) in [5.74, 6) is -0.233. The molecule has 0 spiro atoms. The highest BCUT2D eigenvalue weighted by Crippen LogP contribution is 2.31. The fourth-order valence-electron chi connectivity index (χ4n) is 1.04. The quantitative estimate of drug-likeness (QED) is 0.731. The summed E-state index contributed by atoms with van der Waals surface area (Å²) in [6, 6.07) is 0.117. The van der Waals surface area contributed by atoms with E-state index in [0.29, 0.717) is 8.68 Å². The van der Waals surface area contributed by atoms with Gasteiger partial charge in [-0.2, -0.15) is 0 Å². The van der Waals surface area contributed by atoms with Gasteiger partial charge in [0.05, 0.1) is 11.0 Å². The predicted molar refractivity (Wildman–Crippen MR) is 78.4 cm³/mol. The molecule has 19 heavy (non-hydrogen) atoms. The van der Waals surface area contributed by atoms with Gasteiger partial charge >= 0.3 is 0 Å². The Morgan fingerprint density at radius 1 is 1.32 bits per heavy atom. The van der Waals surface area contributed by atoms with Crippen LogP contribution in [0.25, 0.3) is 0 Å². The van der Waals surface area contributed by atoms with Gasteiger partial charge in [0.1, 0.15) is 0 Å². The fraction of sp³-hybridized carbons (Fsp3) is 0.600. The number of amides is 2. The van der Waals surface area contributed by atoms with E-state index in [0.717, 1.165) is 0 Å². The normalized spacial score (nSPS) is 12.4. The Balaban J connectivity index is 2.48. The van der Waals surface area contributed by atoms with Crippen molar-refractivity contribution in [2.24, 2.45) is 5.73 Å². The zero-order valence-corrected chi connectivity index (χ0v) is 13.3. The van der Waals surface area contributed by atoms with Crippen molar-refractivity contribution in [3.63, 3.8) is 0 Å². The minimum atomic E-state index is -0.390. The number of nitrogens with zero attached hydrogens (tertiary/aromatic N) is 2. The predicted octanol–water partition coefficient (Wildman–Crippen LogP) is 1.12. The van der Waals surface area contributed by atoms with Gasteiger partial charge in [-0.3, -0.25) is 9.59 Å². The van der Waals surface area contributed by atoms with Crippen LogP contribution in [0.15, 0.2) is 8.68 Å². The van der Waals surface area contributed by atoms with Crippen molar-refractivity contribution in [3.05, 3.63) is 0 Å². The van der Waals surface area contributed by atoms with Crippen molar-refractivity contribution in [1.29, 1.82) is 0 Å². The van der Waals surface area contributed by atoms with Crippen LogP contribution in [0.5, 0.6) is 0 Å². The van der Waals surface area contributed by atoms with E-state index in [1.807, 2.05) is 20.8 Å². The van der Waals surface area contributed by atoms with Crippen molar-refractivity contribution >= 4 is 46.7 Å². The molecule has 0 aliphatic rings. The minimum Gasteiger partial charge on any atom is -0.369 e. The van der Waals surface area contributed by atoms with Gasteiger partial charge in [-0.05, 0) is 20.8 Å². The highest BCUT2D eigenvalue weighted by Gasteiger charge is 2.17. The number of hydrogen-bond donors (Lipinski definition) is 2. The molecular weight excluding hydrogens is 304 g/mol. The molecule has 2 amide bonds. The molecular formula is C10H16N4O2S3. The Kier molecular flexibility index (Phi) is 6.59. The van der Waals surface area contributed by atoms with Crippen LogP contribution in [0.1, 0.15) is 20.8 Å². The zero-order chi connectivity index (χ0) is 14.4. The van der Waals surface area contributed by atoms with Crippen molar-refractivity contribution in [2.45, 2.75) is 40.7 Å². The molecule has 0 aromatic carbocycles. The molecule has 0 aliphatic carbocycles. The smallest absolute Gasteiger partial charge is 0.233 e. The van der Waals surface area contributed by atoms with E-state index in [9.17, 15) is 9.59 Å². The second-order valence-corrected chi connectivity index (χ2v) is 7.80. The Hall–Kier alpha value is -0.800. The fourth-order valence-corrected chi connectivity index (χ4v) is 3.95. The zero-order valence-electron chi connectivity index (χ0n) is 10.9. The number of aromatic nitrogens is 2. The maximum atomic E-state index is 11.7. The maximum absolute atomic E-state index is 11.7. The lowest BCUT2D eigenvalue weighted by Crippen LogP contribution is -2.35. The molecule has 0 saturated carbocycles. The molecule has 106 valence electrons.